The molecule has 0 saturated carbocycles. The fourth-order valence-electron chi connectivity index (χ4n) is 2.84. The van der Waals surface area contributed by atoms with Crippen molar-refractivity contribution in [1.29, 1.82) is 0 Å². The molecule has 0 bridgehead atoms. The molecule has 0 radical (unpaired) electrons. The van der Waals surface area contributed by atoms with Crippen molar-refractivity contribution in [3.8, 4) is 5.69 Å². The highest BCUT2D eigenvalue weighted by Gasteiger charge is 2.33. The standard InChI is InChI=1S/C16H18F3N3O/c17-16(18,19)15-6-8-22(20-15)14-3-1-12(2-4-14)9-21-7-5-13(10-21)11-23/h1-4,6,8,13,23H,5,7,9-11H2. The summed E-state index contributed by atoms with van der Waals surface area (Å²) in [6.07, 6.45) is -2.11. The van der Waals surface area contributed by atoms with E-state index in [0.717, 1.165) is 37.7 Å². The van der Waals surface area contributed by atoms with Crippen molar-refractivity contribution in [2.75, 3.05) is 19.7 Å². The van der Waals surface area contributed by atoms with Crippen LogP contribution in [0, 0.1) is 5.92 Å². The number of rotatable bonds is 4. The Balaban J connectivity index is 1.66. The molecule has 1 aliphatic rings. The van der Waals surface area contributed by atoms with Gasteiger partial charge in [-0.2, -0.15) is 18.3 Å². The highest BCUT2D eigenvalue weighted by molar-refractivity contribution is 5.34. The second-order valence-electron chi connectivity index (χ2n) is 5.88. The van der Waals surface area contributed by atoms with Gasteiger partial charge in [0.2, 0.25) is 0 Å². The van der Waals surface area contributed by atoms with Gasteiger partial charge in [-0.15, -0.1) is 0 Å². The van der Waals surface area contributed by atoms with E-state index in [4.69, 9.17) is 5.11 Å². The summed E-state index contributed by atoms with van der Waals surface area (Å²) in [6, 6.07) is 8.30. The molecule has 1 N–H and O–H groups in total. The van der Waals surface area contributed by atoms with Crippen LogP contribution < -0.4 is 0 Å². The smallest absolute Gasteiger partial charge is 0.396 e. The SMILES string of the molecule is OCC1CCN(Cc2ccc(-n3ccc(C(F)(F)F)n3)cc2)C1. The van der Waals surface area contributed by atoms with Crippen LogP contribution in [0.5, 0.6) is 0 Å². The van der Waals surface area contributed by atoms with Gasteiger partial charge in [-0.1, -0.05) is 12.1 Å². The Kier molecular flexibility index (Phi) is 4.41. The predicted molar refractivity (Wildman–Crippen MR) is 79.0 cm³/mol. The molecule has 1 atom stereocenters. The van der Waals surface area contributed by atoms with E-state index in [1.165, 1.54) is 10.9 Å². The molecule has 0 amide bonds. The third-order valence-electron chi connectivity index (χ3n) is 4.11. The lowest BCUT2D eigenvalue weighted by Gasteiger charge is -2.15. The Hall–Kier alpha value is -1.86. The largest absolute Gasteiger partial charge is 0.435 e. The molecule has 1 unspecified atom stereocenters. The summed E-state index contributed by atoms with van der Waals surface area (Å²) in [5.41, 5.74) is 0.795. The van der Waals surface area contributed by atoms with Gasteiger partial charge in [-0.3, -0.25) is 4.90 Å². The van der Waals surface area contributed by atoms with Crippen molar-refractivity contribution in [2.24, 2.45) is 5.92 Å². The maximum absolute atomic E-state index is 12.6. The van der Waals surface area contributed by atoms with Crippen molar-refractivity contribution in [3.63, 3.8) is 0 Å². The maximum atomic E-state index is 12.6. The molecule has 4 nitrogen and oxygen atoms in total. The van der Waals surface area contributed by atoms with Crippen molar-refractivity contribution in [2.45, 2.75) is 19.1 Å². The van der Waals surface area contributed by atoms with Gasteiger partial charge < -0.3 is 5.11 Å². The molecule has 1 fully saturated rings. The number of aliphatic hydroxyl groups excluding tert-OH is 1. The van der Waals surface area contributed by atoms with Crippen LogP contribution in [-0.4, -0.2) is 39.5 Å². The summed E-state index contributed by atoms with van der Waals surface area (Å²) >= 11 is 0. The number of benzene rings is 1. The van der Waals surface area contributed by atoms with Crippen LogP contribution in [0.1, 0.15) is 17.7 Å². The molecule has 1 aromatic heterocycles. The lowest BCUT2D eigenvalue weighted by atomic mass is 10.1. The summed E-state index contributed by atoms with van der Waals surface area (Å²) in [7, 11) is 0. The summed E-state index contributed by atoms with van der Waals surface area (Å²) in [6.45, 7) is 2.84. The quantitative estimate of drug-likeness (QED) is 0.940. The molecule has 7 heteroatoms. The van der Waals surface area contributed by atoms with E-state index in [2.05, 4.69) is 10.00 Å². The van der Waals surface area contributed by atoms with Crippen molar-refractivity contribution in [3.05, 3.63) is 47.8 Å². The van der Waals surface area contributed by atoms with Gasteiger partial charge >= 0.3 is 6.18 Å². The molecule has 0 aliphatic carbocycles. The van der Waals surface area contributed by atoms with Crippen LogP contribution in [-0.2, 0) is 12.7 Å². The van der Waals surface area contributed by atoms with Gasteiger partial charge in [0.25, 0.3) is 0 Å². The van der Waals surface area contributed by atoms with E-state index in [0.29, 0.717) is 11.6 Å². The zero-order valence-electron chi connectivity index (χ0n) is 12.5. The molecule has 1 aliphatic heterocycles. The van der Waals surface area contributed by atoms with E-state index < -0.39 is 11.9 Å². The van der Waals surface area contributed by atoms with Gasteiger partial charge in [-0.25, -0.2) is 4.68 Å². The Morgan fingerprint density at radius 1 is 1.17 bits per heavy atom. The van der Waals surface area contributed by atoms with E-state index in [9.17, 15) is 13.2 Å². The normalized spacial score (nSPS) is 19.4. The van der Waals surface area contributed by atoms with Crippen LogP contribution in [0.4, 0.5) is 13.2 Å². The van der Waals surface area contributed by atoms with Gasteiger partial charge in [0.1, 0.15) is 0 Å². The number of likely N-dealkylation sites (tertiary alicyclic amines) is 1. The fraction of sp³-hybridized carbons (Fsp3) is 0.438. The molecule has 0 spiro atoms. The first-order valence-electron chi connectivity index (χ1n) is 7.51. The van der Waals surface area contributed by atoms with Crippen molar-refractivity contribution >= 4 is 0 Å². The van der Waals surface area contributed by atoms with Crippen LogP contribution in [0.15, 0.2) is 36.5 Å². The van der Waals surface area contributed by atoms with Crippen LogP contribution in [0.25, 0.3) is 5.69 Å². The minimum atomic E-state index is -4.43. The summed E-state index contributed by atoms with van der Waals surface area (Å²) in [5.74, 6) is 0.346. The first kappa shape index (κ1) is 16.0. The lowest BCUT2D eigenvalue weighted by molar-refractivity contribution is -0.141. The zero-order valence-corrected chi connectivity index (χ0v) is 12.5. The maximum Gasteiger partial charge on any atom is 0.435 e. The second kappa shape index (κ2) is 6.33. The van der Waals surface area contributed by atoms with Crippen LogP contribution >= 0.6 is 0 Å². The van der Waals surface area contributed by atoms with Crippen LogP contribution in [0.2, 0.25) is 0 Å². The van der Waals surface area contributed by atoms with E-state index in [-0.39, 0.29) is 6.61 Å². The van der Waals surface area contributed by atoms with Gasteiger partial charge in [0, 0.05) is 25.9 Å². The van der Waals surface area contributed by atoms with Gasteiger partial charge in [0.05, 0.1) is 5.69 Å². The number of aliphatic hydroxyl groups is 1. The Morgan fingerprint density at radius 3 is 2.48 bits per heavy atom. The zero-order chi connectivity index (χ0) is 16.4. The third-order valence-corrected chi connectivity index (χ3v) is 4.11. The molecule has 1 aromatic carbocycles. The Bertz CT molecular complexity index is 651. The molecule has 3 rings (SSSR count). The minimum Gasteiger partial charge on any atom is -0.396 e. The highest BCUT2D eigenvalue weighted by atomic mass is 19.4. The van der Waals surface area contributed by atoms with E-state index in [1.54, 1.807) is 12.1 Å². The van der Waals surface area contributed by atoms with Crippen molar-refractivity contribution in [1.82, 2.24) is 14.7 Å². The average Bonchev–Trinajstić information content (AvgIpc) is 3.16. The summed E-state index contributed by atoms with van der Waals surface area (Å²) in [5, 5.41) is 12.7. The topological polar surface area (TPSA) is 41.3 Å². The molecule has 2 aromatic rings. The average molecular weight is 325 g/mol. The Labute approximate surface area is 132 Å². The van der Waals surface area contributed by atoms with Gasteiger partial charge in [-0.05, 0) is 42.6 Å². The minimum absolute atomic E-state index is 0.219. The third kappa shape index (κ3) is 3.73. The van der Waals surface area contributed by atoms with Crippen LogP contribution in [0.3, 0.4) is 0 Å². The van der Waals surface area contributed by atoms with E-state index >= 15 is 0 Å². The molecular formula is C16H18F3N3O. The second-order valence-corrected chi connectivity index (χ2v) is 5.88. The molecular weight excluding hydrogens is 307 g/mol. The summed E-state index contributed by atoms with van der Waals surface area (Å²) in [4.78, 5) is 2.27. The Morgan fingerprint density at radius 2 is 1.91 bits per heavy atom. The molecule has 2 heterocycles. The molecule has 124 valence electrons. The number of nitrogens with zero attached hydrogens (tertiary/aromatic N) is 3. The summed E-state index contributed by atoms with van der Waals surface area (Å²) < 4.78 is 38.9. The predicted octanol–water partition coefficient (Wildman–Crippen LogP) is 2.71. The highest BCUT2D eigenvalue weighted by Crippen LogP contribution is 2.28. The number of alkyl halides is 3. The molecule has 23 heavy (non-hydrogen) atoms. The fourth-order valence-corrected chi connectivity index (χ4v) is 2.84. The first-order valence-corrected chi connectivity index (χ1v) is 7.51. The van der Waals surface area contributed by atoms with Crippen molar-refractivity contribution < 1.29 is 18.3 Å². The molecule has 1 saturated heterocycles. The monoisotopic (exact) mass is 325 g/mol. The number of hydrogen-bond acceptors (Lipinski definition) is 3. The van der Waals surface area contributed by atoms with E-state index in [1.807, 2.05) is 12.1 Å². The van der Waals surface area contributed by atoms with Gasteiger partial charge in [0.15, 0.2) is 5.69 Å². The number of aromatic nitrogens is 2. The number of hydrogen-bond donors (Lipinski definition) is 1. The number of halogens is 3. The first-order chi connectivity index (χ1) is 11.0. The lowest BCUT2D eigenvalue weighted by Crippen LogP contribution is -2.20.